The molecule has 22 heavy (non-hydrogen) atoms. The highest BCUT2D eigenvalue weighted by Crippen LogP contribution is 2.29. The Morgan fingerprint density at radius 1 is 0.727 bits per heavy atom. The molecule has 0 bridgehead atoms. The van der Waals surface area contributed by atoms with Gasteiger partial charge >= 0.3 is 0 Å². The standard InChI is InChI=1S/C15H12N2.C3H4N2/c1-2-6-12(7-3-1)13-8-4-5-9-14(13)15-16-10-11-17-15;1-2-5-3-4-1/h1-11H,(H,16,17);1-3H,(H,4,5). The van der Waals surface area contributed by atoms with E-state index in [2.05, 4.69) is 50.3 Å². The Hall–Kier alpha value is -3.14. The fraction of sp³-hybridized carbons (Fsp3) is 0. The normalized spacial score (nSPS) is 9.82. The predicted octanol–water partition coefficient (Wildman–Crippen LogP) is 4.15. The van der Waals surface area contributed by atoms with Crippen LogP contribution in [0.2, 0.25) is 0 Å². The zero-order valence-corrected chi connectivity index (χ0v) is 12.0. The second-order valence-corrected chi connectivity index (χ2v) is 4.61. The number of aromatic nitrogens is 4. The Morgan fingerprint density at radius 2 is 1.50 bits per heavy atom. The molecular weight excluding hydrogens is 272 g/mol. The van der Waals surface area contributed by atoms with Gasteiger partial charge in [-0.2, -0.15) is 0 Å². The Morgan fingerprint density at radius 3 is 2.09 bits per heavy atom. The van der Waals surface area contributed by atoms with Crippen molar-refractivity contribution in [2.24, 2.45) is 0 Å². The zero-order valence-electron chi connectivity index (χ0n) is 12.0. The van der Waals surface area contributed by atoms with Crippen molar-refractivity contribution in [3.63, 3.8) is 0 Å². The van der Waals surface area contributed by atoms with Gasteiger partial charge in [-0.15, -0.1) is 0 Å². The molecule has 2 aromatic carbocycles. The second-order valence-electron chi connectivity index (χ2n) is 4.61. The van der Waals surface area contributed by atoms with Gasteiger partial charge in [0.15, 0.2) is 0 Å². The molecule has 0 saturated carbocycles. The van der Waals surface area contributed by atoms with E-state index >= 15 is 0 Å². The average molecular weight is 288 g/mol. The van der Waals surface area contributed by atoms with Gasteiger partial charge in [0, 0.05) is 30.4 Å². The lowest BCUT2D eigenvalue weighted by molar-refractivity contribution is 1.31. The van der Waals surface area contributed by atoms with Crippen molar-refractivity contribution >= 4 is 0 Å². The van der Waals surface area contributed by atoms with E-state index in [1.54, 1.807) is 24.9 Å². The first-order chi connectivity index (χ1) is 10.9. The summed E-state index contributed by atoms with van der Waals surface area (Å²) in [6.07, 6.45) is 8.70. The molecule has 2 N–H and O–H groups in total. The van der Waals surface area contributed by atoms with Crippen molar-refractivity contribution in [3.05, 3.63) is 85.7 Å². The van der Waals surface area contributed by atoms with Crippen molar-refractivity contribution < 1.29 is 0 Å². The van der Waals surface area contributed by atoms with Gasteiger partial charge in [0.25, 0.3) is 0 Å². The van der Waals surface area contributed by atoms with Crippen LogP contribution in [0.4, 0.5) is 0 Å². The molecule has 0 unspecified atom stereocenters. The van der Waals surface area contributed by atoms with E-state index in [0.29, 0.717) is 0 Å². The topological polar surface area (TPSA) is 57.4 Å². The SMILES string of the molecule is c1c[nH]cn1.c1ccc(-c2ccccc2-c2ncc[nH]2)cc1. The summed E-state index contributed by atoms with van der Waals surface area (Å²) in [6, 6.07) is 18.6. The summed E-state index contributed by atoms with van der Waals surface area (Å²) in [5.41, 5.74) is 3.53. The minimum atomic E-state index is 0.907. The lowest BCUT2D eigenvalue weighted by Gasteiger charge is -2.07. The van der Waals surface area contributed by atoms with Crippen LogP contribution < -0.4 is 0 Å². The number of rotatable bonds is 2. The van der Waals surface area contributed by atoms with Gasteiger partial charge in [0.05, 0.1) is 6.33 Å². The molecule has 4 nitrogen and oxygen atoms in total. The maximum absolute atomic E-state index is 4.32. The molecule has 0 radical (unpaired) electrons. The van der Waals surface area contributed by atoms with Crippen molar-refractivity contribution in [3.8, 4) is 22.5 Å². The second kappa shape index (κ2) is 7.04. The van der Waals surface area contributed by atoms with Crippen LogP contribution in [0.15, 0.2) is 85.7 Å². The molecule has 0 amide bonds. The number of aromatic amines is 2. The van der Waals surface area contributed by atoms with E-state index in [0.717, 1.165) is 11.4 Å². The van der Waals surface area contributed by atoms with Crippen molar-refractivity contribution in [2.75, 3.05) is 0 Å². The number of benzene rings is 2. The van der Waals surface area contributed by atoms with Crippen LogP contribution in [0.5, 0.6) is 0 Å². The Bertz CT molecular complexity index is 758. The summed E-state index contributed by atoms with van der Waals surface area (Å²) in [4.78, 5) is 13.9. The van der Waals surface area contributed by atoms with Gasteiger partial charge in [0.1, 0.15) is 5.82 Å². The van der Waals surface area contributed by atoms with E-state index in [9.17, 15) is 0 Å². The van der Waals surface area contributed by atoms with Crippen LogP contribution in [0.3, 0.4) is 0 Å². The van der Waals surface area contributed by atoms with Gasteiger partial charge in [-0.3, -0.25) is 0 Å². The van der Waals surface area contributed by atoms with Crippen LogP contribution in [0, 0.1) is 0 Å². The molecule has 2 aromatic heterocycles. The van der Waals surface area contributed by atoms with Gasteiger partial charge < -0.3 is 9.97 Å². The fourth-order valence-corrected chi connectivity index (χ4v) is 2.19. The van der Waals surface area contributed by atoms with Crippen LogP contribution in [0.1, 0.15) is 0 Å². The highest BCUT2D eigenvalue weighted by atomic mass is 14.9. The first-order valence-corrected chi connectivity index (χ1v) is 7.02. The van der Waals surface area contributed by atoms with Crippen LogP contribution in [0.25, 0.3) is 22.5 Å². The van der Waals surface area contributed by atoms with Gasteiger partial charge in [-0.25, -0.2) is 9.97 Å². The average Bonchev–Trinajstić information content (AvgIpc) is 3.32. The molecule has 0 aliphatic rings. The number of H-pyrrole nitrogens is 2. The minimum Gasteiger partial charge on any atom is -0.351 e. The lowest BCUT2D eigenvalue weighted by atomic mass is 9.99. The van der Waals surface area contributed by atoms with Crippen molar-refractivity contribution in [1.82, 2.24) is 19.9 Å². The Labute approximate surface area is 128 Å². The highest BCUT2D eigenvalue weighted by molar-refractivity contribution is 5.80. The number of nitrogens with one attached hydrogen (secondary N) is 2. The minimum absolute atomic E-state index is 0.907. The van der Waals surface area contributed by atoms with Crippen molar-refractivity contribution in [2.45, 2.75) is 0 Å². The monoisotopic (exact) mass is 288 g/mol. The summed E-state index contributed by atoms with van der Waals surface area (Å²) in [5, 5.41) is 0. The maximum atomic E-state index is 4.32. The van der Waals surface area contributed by atoms with E-state index in [-0.39, 0.29) is 0 Å². The van der Waals surface area contributed by atoms with Crippen LogP contribution in [-0.2, 0) is 0 Å². The Kier molecular flexibility index (Phi) is 4.42. The number of nitrogens with zero attached hydrogens (tertiary/aromatic N) is 2. The van der Waals surface area contributed by atoms with E-state index < -0.39 is 0 Å². The van der Waals surface area contributed by atoms with Gasteiger partial charge in [-0.05, 0) is 11.1 Å². The maximum Gasteiger partial charge on any atom is 0.137 e. The fourth-order valence-electron chi connectivity index (χ4n) is 2.19. The zero-order chi connectivity index (χ0) is 15.0. The summed E-state index contributed by atoms with van der Waals surface area (Å²) in [5.74, 6) is 0.907. The van der Waals surface area contributed by atoms with Crippen LogP contribution in [-0.4, -0.2) is 19.9 Å². The molecule has 2 heterocycles. The van der Waals surface area contributed by atoms with Crippen molar-refractivity contribution in [1.29, 1.82) is 0 Å². The third-order valence-electron chi connectivity index (χ3n) is 3.17. The van der Waals surface area contributed by atoms with E-state index in [4.69, 9.17) is 0 Å². The molecule has 4 heteroatoms. The molecule has 0 aliphatic carbocycles. The number of hydrogen-bond acceptors (Lipinski definition) is 2. The summed E-state index contributed by atoms with van der Waals surface area (Å²) < 4.78 is 0. The highest BCUT2D eigenvalue weighted by Gasteiger charge is 2.07. The van der Waals surface area contributed by atoms with Gasteiger partial charge in [-0.1, -0.05) is 54.6 Å². The molecule has 4 aromatic rings. The van der Waals surface area contributed by atoms with E-state index in [1.165, 1.54) is 11.1 Å². The molecule has 4 rings (SSSR count). The smallest absolute Gasteiger partial charge is 0.137 e. The third kappa shape index (κ3) is 3.30. The number of hydrogen-bond donors (Lipinski definition) is 2. The van der Waals surface area contributed by atoms with Gasteiger partial charge in [0.2, 0.25) is 0 Å². The molecule has 108 valence electrons. The summed E-state index contributed by atoms with van der Waals surface area (Å²) >= 11 is 0. The molecule has 0 atom stereocenters. The first-order valence-electron chi connectivity index (χ1n) is 7.02. The first kappa shape index (κ1) is 13.8. The lowest BCUT2D eigenvalue weighted by Crippen LogP contribution is -1.86. The molecule has 0 spiro atoms. The van der Waals surface area contributed by atoms with Crippen LogP contribution >= 0.6 is 0 Å². The molecule has 0 fully saturated rings. The summed E-state index contributed by atoms with van der Waals surface area (Å²) in [7, 11) is 0. The number of imidazole rings is 2. The summed E-state index contributed by atoms with van der Waals surface area (Å²) in [6.45, 7) is 0. The van der Waals surface area contributed by atoms with E-state index in [1.807, 2.05) is 30.5 Å². The molecule has 0 aliphatic heterocycles. The Balaban J connectivity index is 0.000000246. The largest absolute Gasteiger partial charge is 0.351 e. The predicted molar refractivity (Wildman–Crippen MR) is 88.0 cm³/mol. The molecule has 0 saturated heterocycles. The third-order valence-corrected chi connectivity index (χ3v) is 3.17. The quantitative estimate of drug-likeness (QED) is 0.582. The molecular formula is C18H16N4.